The van der Waals surface area contributed by atoms with Crippen molar-refractivity contribution in [1.29, 1.82) is 0 Å². The van der Waals surface area contributed by atoms with Crippen LogP contribution in [0.15, 0.2) is 18.5 Å². The van der Waals surface area contributed by atoms with Crippen molar-refractivity contribution in [1.82, 2.24) is 14.9 Å². The molecule has 2 rings (SSSR count). The van der Waals surface area contributed by atoms with Crippen LogP contribution >= 0.6 is 11.3 Å². The Morgan fingerprint density at radius 2 is 2.41 bits per heavy atom. The summed E-state index contributed by atoms with van der Waals surface area (Å²) in [5.41, 5.74) is 6.41. The number of amides is 1. The summed E-state index contributed by atoms with van der Waals surface area (Å²) in [7, 11) is 1.75. The zero-order chi connectivity index (χ0) is 12.4. The summed E-state index contributed by atoms with van der Waals surface area (Å²) in [5, 5.41) is 0. The zero-order valence-corrected chi connectivity index (χ0v) is 10.5. The maximum Gasteiger partial charge on any atom is 0.264 e. The molecule has 3 N–H and O–H groups in total. The Hall–Kier alpha value is -1.82. The van der Waals surface area contributed by atoms with Gasteiger partial charge in [0.2, 0.25) is 0 Å². The van der Waals surface area contributed by atoms with E-state index in [0.29, 0.717) is 17.1 Å². The first-order valence-corrected chi connectivity index (χ1v) is 5.99. The van der Waals surface area contributed by atoms with Crippen molar-refractivity contribution in [2.75, 3.05) is 12.8 Å². The summed E-state index contributed by atoms with van der Waals surface area (Å²) in [6, 6.07) is 1.72. The number of carbonyl (C=O) groups is 1. The van der Waals surface area contributed by atoms with E-state index < -0.39 is 0 Å². The summed E-state index contributed by atoms with van der Waals surface area (Å²) in [6.45, 7) is 2.37. The molecule has 1 amide bonds. The van der Waals surface area contributed by atoms with Crippen LogP contribution in [0.3, 0.4) is 0 Å². The second-order valence-corrected chi connectivity index (χ2v) is 5.08. The van der Waals surface area contributed by atoms with Crippen molar-refractivity contribution in [3.63, 3.8) is 0 Å². The molecule has 0 bridgehead atoms. The SMILES string of the molecule is Cc1sc(C(=O)N(C)Cc2ncc[nH]2)cc1N. The van der Waals surface area contributed by atoms with E-state index in [1.54, 1.807) is 30.4 Å². The molecule has 0 saturated heterocycles. The fraction of sp³-hybridized carbons (Fsp3) is 0.273. The minimum Gasteiger partial charge on any atom is -0.398 e. The van der Waals surface area contributed by atoms with E-state index in [0.717, 1.165) is 10.7 Å². The number of H-pyrrole nitrogens is 1. The lowest BCUT2D eigenvalue weighted by Gasteiger charge is -2.14. The van der Waals surface area contributed by atoms with E-state index in [1.807, 2.05) is 6.92 Å². The fourth-order valence-corrected chi connectivity index (χ4v) is 2.41. The van der Waals surface area contributed by atoms with Gasteiger partial charge in [0.15, 0.2) is 0 Å². The summed E-state index contributed by atoms with van der Waals surface area (Å²) >= 11 is 1.42. The molecule has 2 aromatic rings. The van der Waals surface area contributed by atoms with Gasteiger partial charge in [0.25, 0.3) is 5.91 Å². The van der Waals surface area contributed by atoms with Crippen LogP contribution in [-0.2, 0) is 6.54 Å². The molecule has 0 aliphatic rings. The molecule has 17 heavy (non-hydrogen) atoms. The molecule has 0 unspecified atom stereocenters. The summed E-state index contributed by atoms with van der Waals surface area (Å²) in [5.74, 6) is 0.730. The number of nitrogen functional groups attached to an aromatic ring is 1. The largest absolute Gasteiger partial charge is 0.398 e. The number of thiophene rings is 1. The smallest absolute Gasteiger partial charge is 0.264 e. The maximum atomic E-state index is 12.1. The third-order valence-corrected chi connectivity index (χ3v) is 3.51. The topological polar surface area (TPSA) is 75.0 Å². The Morgan fingerprint density at radius 3 is 2.94 bits per heavy atom. The fourth-order valence-electron chi connectivity index (χ4n) is 1.47. The molecular weight excluding hydrogens is 236 g/mol. The van der Waals surface area contributed by atoms with Crippen molar-refractivity contribution >= 4 is 22.9 Å². The van der Waals surface area contributed by atoms with E-state index in [9.17, 15) is 4.79 Å². The Bertz CT molecular complexity index is 498. The summed E-state index contributed by atoms with van der Waals surface area (Å²) in [4.78, 5) is 22.4. The van der Waals surface area contributed by atoms with Gasteiger partial charge in [-0.2, -0.15) is 0 Å². The number of aromatic amines is 1. The molecule has 0 aliphatic heterocycles. The Balaban J connectivity index is 2.09. The van der Waals surface area contributed by atoms with E-state index in [2.05, 4.69) is 9.97 Å². The molecule has 0 spiro atoms. The van der Waals surface area contributed by atoms with Gasteiger partial charge < -0.3 is 15.6 Å². The molecule has 2 heterocycles. The van der Waals surface area contributed by atoms with Crippen LogP contribution in [0.5, 0.6) is 0 Å². The number of rotatable bonds is 3. The minimum atomic E-state index is -0.0359. The number of aromatic nitrogens is 2. The first kappa shape index (κ1) is 11.7. The van der Waals surface area contributed by atoms with E-state index in [4.69, 9.17) is 5.73 Å². The van der Waals surface area contributed by atoms with Gasteiger partial charge in [0.1, 0.15) is 5.82 Å². The molecule has 6 heteroatoms. The van der Waals surface area contributed by atoms with Crippen LogP contribution in [0, 0.1) is 6.92 Å². The van der Waals surface area contributed by atoms with Crippen molar-refractivity contribution in [2.24, 2.45) is 0 Å². The van der Waals surface area contributed by atoms with Gasteiger partial charge >= 0.3 is 0 Å². The Morgan fingerprint density at radius 1 is 1.65 bits per heavy atom. The number of nitrogens with zero attached hydrogens (tertiary/aromatic N) is 2. The van der Waals surface area contributed by atoms with Gasteiger partial charge in [-0.15, -0.1) is 11.3 Å². The lowest BCUT2D eigenvalue weighted by atomic mass is 10.3. The van der Waals surface area contributed by atoms with Crippen LogP contribution in [0.25, 0.3) is 0 Å². The third kappa shape index (κ3) is 2.47. The quantitative estimate of drug-likeness (QED) is 0.869. The third-order valence-electron chi connectivity index (χ3n) is 2.46. The lowest BCUT2D eigenvalue weighted by molar-refractivity contribution is 0.0786. The first-order valence-electron chi connectivity index (χ1n) is 5.17. The van der Waals surface area contributed by atoms with Crippen LogP contribution in [0.2, 0.25) is 0 Å². The van der Waals surface area contributed by atoms with Gasteiger partial charge in [-0.05, 0) is 13.0 Å². The lowest BCUT2D eigenvalue weighted by Crippen LogP contribution is -2.25. The number of nitrogens with two attached hydrogens (primary N) is 1. The number of aryl methyl sites for hydroxylation is 1. The summed E-state index contributed by atoms with van der Waals surface area (Å²) in [6.07, 6.45) is 3.40. The molecule has 2 aromatic heterocycles. The average molecular weight is 250 g/mol. The van der Waals surface area contributed by atoms with Crippen molar-refractivity contribution in [2.45, 2.75) is 13.5 Å². The highest BCUT2D eigenvalue weighted by atomic mass is 32.1. The first-order chi connectivity index (χ1) is 8.08. The van der Waals surface area contributed by atoms with Crippen LogP contribution in [0.1, 0.15) is 20.4 Å². The molecule has 5 nitrogen and oxygen atoms in total. The molecule has 90 valence electrons. The van der Waals surface area contributed by atoms with E-state index in [1.165, 1.54) is 11.3 Å². The van der Waals surface area contributed by atoms with E-state index in [-0.39, 0.29) is 5.91 Å². The number of hydrogen-bond acceptors (Lipinski definition) is 4. The predicted molar refractivity (Wildman–Crippen MR) is 67.9 cm³/mol. The van der Waals surface area contributed by atoms with Gasteiger partial charge in [-0.25, -0.2) is 4.98 Å². The second kappa shape index (κ2) is 4.58. The second-order valence-electron chi connectivity index (χ2n) is 3.82. The Kier molecular flexibility index (Phi) is 3.14. The monoisotopic (exact) mass is 250 g/mol. The number of anilines is 1. The van der Waals surface area contributed by atoms with Crippen LogP contribution in [0.4, 0.5) is 5.69 Å². The molecule has 0 fully saturated rings. The molecule has 0 aliphatic carbocycles. The molecule has 0 saturated carbocycles. The average Bonchev–Trinajstić information content (AvgIpc) is 2.89. The van der Waals surface area contributed by atoms with Gasteiger partial charge in [0.05, 0.1) is 11.4 Å². The highest BCUT2D eigenvalue weighted by molar-refractivity contribution is 7.14. The highest BCUT2D eigenvalue weighted by Gasteiger charge is 2.16. The predicted octanol–water partition coefficient (Wildman–Crippen LogP) is 1.63. The number of hydrogen-bond donors (Lipinski definition) is 2. The molecular formula is C11H14N4OS. The Labute approximate surface area is 103 Å². The maximum absolute atomic E-state index is 12.1. The number of carbonyl (C=O) groups excluding carboxylic acids is 1. The highest BCUT2D eigenvalue weighted by Crippen LogP contribution is 2.24. The van der Waals surface area contributed by atoms with Gasteiger partial charge in [-0.1, -0.05) is 0 Å². The molecule has 0 atom stereocenters. The normalized spacial score (nSPS) is 10.5. The van der Waals surface area contributed by atoms with Crippen LogP contribution in [-0.4, -0.2) is 27.8 Å². The standard InChI is InChI=1S/C11H14N4OS/c1-7-8(12)5-9(17-7)11(16)15(2)6-10-13-3-4-14-10/h3-5H,6,12H2,1-2H3,(H,13,14). The van der Waals surface area contributed by atoms with Gasteiger partial charge in [-0.3, -0.25) is 4.79 Å². The molecule has 0 aromatic carbocycles. The number of imidazole rings is 1. The number of nitrogens with one attached hydrogen (secondary N) is 1. The summed E-state index contributed by atoms with van der Waals surface area (Å²) < 4.78 is 0. The molecule has 0 radical (unpaired) electrons. The minimum absolute atomic E-state index is 0.0359. The van der Waals surface area contributed by atoms with Crippen molar-refractivity contribution in [3.8, 4) is 0 Å². The van der Waals surface area contributed by atoms with Crippen LogP contribution < -0.4 is 5.73 Å². The zero-order valence-electron chi connectivity index (χ0n) is 9.73. The van der Waals surface area contributed by atoms with Crippen molar-refractivity contribution < 1.29 is 4.79 Å². The van der Waals surface area contributed by atoms with Gasteiger partial charge in [0, 0.05) is 30.0 Å². The van der Waals surface area contributed by atoms with E-state index >= 15 is 0 Å². The van der Waals surface area contributed by atoms with Crippen molar-refractivity contribution in [3.05, 3.63) is 34.0 Å².